The molecule has 0 atom stereocenters. The summed E-state index contributed by atoms with van der Waals surface area (Å²) < 4.78 is 0. The van der Waals surface area contributed by atoms with Gasteiger partial charge < -0.3 is 0 Å². The molecule has 1 aromatic heterocycles. The zero-order valence-corrected chi connectivity index (χ0v) is 13.0. The van der Waals surface area contributed by atoms with Crippen LogP contribution in [-0.2, 0) is 12.0 Å². The van der Waals surface area contributed by atoms with Crippen LogP contribution in [0.4, 0.5) is 0 Å². The Bertz CT molecular complexity index is 449. The van der Waals surface area contributed by atoms with E-state index in [2.05, 4.69) is 61.9 Å². The second kappa shape index (κ2) is 5.12. The van der Waals surface area contributed by atoms with Crippen molar-refractivity contribution >= 4 is 0 Å². The van der Waals surface area contributed by atoms with E-state index in [0.29, 0.717) is 5.41 Å². The molecule has 0 saturated carbocycles. The van der Waals surface area contributed by atoms with Crippen molar-refractivity contribution in [3.63, 3.8) is 0 Å². The Balaban J connectivity index is 2.13. The molecule has 0 fully saturated rings. The molecule has 0 spiro atoms. The van der Waals surface area contributed by atoms with Crippen molar-refractivity contribution in [2.45, 2.75) is 53.0 Å². The Morgan fingerprint density at radius 2 is 2.05 bits per heavy atom. The monoisotopic (exact) mass is 261 g/mol. The third-order valence-corrected chi connectivity index (χ3v) is 3.71. The van der Waals surface area contributed by atoms with Crippen molar-refractivity contribution in [2.24, 2.45) is 5.41 Å². The van der Waals surface area contributed by atoms with Crippen LogP contribution < -0.4 is 0 Å². The van der Waals surface area contributed by atoms with Crippen molar-refractivity contribution in [1.82, 2.24) is 15.1 Å². The van der Waals surface area contributed by atoms with E-state index in [0.717, 1.165) is 19.6 Å². The number of allylic oxidation sites excluding steroid dienone is 1. The maximum Gasteiger partial charge on any atom is 0.0535 e. The van der Waals surface area contributed by atoms with E-state index in [4.69, 9.17) is 0 Å². The highest BCUT2D eigenvalue weighted by Crippen LogP contribution is 2.28. The largest absolute Gasteiger partial charge is 0.295 e. The van der Waals surface area contributed by atoms with Crippen LogP contribution in [0.15, 0.2) is 18.3 Å². The smallest absolute Gasteiger partial charge is 0.0535 e. The average Bonchev–Trinajstić information content (AvgIpc) is 2.64. The molecule has 0 aliphatic carbocycles. The standard InChI is InChI=1S/C16H27N3/c1-15(2,3)14-13(10-17-18-14)11-19-9-7-6-8-16(4,5)12-19/h6-7,10H,8-9,11-12H2,1-5H3,(H,17,18). The molecule has 0 saturated heterocycles. The minimum absolute atomic E-state index is 0.128. The maximum atomic E-state index is 4.24. The summed E-state index contributed by atoms with van der Waals surface area (Å²) in [6, 6.07) is 0. The quantitative estimate of drug-likeness (QED) is 0.826. The Labute approximate surface area is 117 Å². The predicted octanol–water partition coefficient (Wildman–Crippen LogP) is 3.50. The summed E-state index contributed by atoms with van der Waals surface area (Å²) in [4.78, 5) is 2.52. The third-order valence-electron chi connectivity index (χ3n) is 3.71. The summed E-state index contributed by atoms with van der Waals surface area (Å²) in [7, 11) is 0. The molecule has 0 radical (unpaired) electrons. The van der Waals surface area contributed by atoms with Gasteiger partial charge in [-0.3, -0.25) is 10.00 Å². The van der Waals surface area contributed by atoms with Gasteiger partial charge in [-0.25, -0.2) is 0 Å². The molecule has 1 aromatic rings. The van der Waals surface area contributed by atoms with Crippen molar-refractivity contribution in [2.75, 3.05) is 13.1 Å². The number of hydrogen-bond donors (Lipinski definition) is 1. The highest BCUT2D eigenvalue weighted by molar-refractivity contribution is 5.23. The Hall–Kier alpha value is -1.09. The fourth-order valence-corrected chi connectivity index (χ4v) is 2.80. The van der Waals surface area contributed by atoms with Crippen molar-refractivity contribution in [3.8, 4) is 0 Å². The number of H-pyrrole nitrogens is 1. The normalized spacial score (nSPS) is 20.5. The number of nitrogens with zero attached hydrogens (tertiary/aromatic N) is 2. The first-order valence-electron chi connectivity index (χ1n) is 7.18. The van der Waals surface area contributed by atoms with Gasteiger partial charge in [0.25, 0.3) is 0 Å². The molecule has 19 heavy (non-hydrogen) atoms. The first-order valence-corrected chi connectivity index (χ1v) is 7.18. The maximum absolute atomic E-state index is 4.24. The number of nitrogens with one attached hydrogen (secondary N) is 1. The molecular formula is C16H27N3. The van der Waals surface area contributed by atoms with Crippen molar-refractivity contribution < 1.29 is 0 Å². The van der Waals surface area contributed by atoms with E-state index in [-0.39, 0.29) is 5.41 Å². The van der Waals surface area contributed by atoms with Gasteiger partial charge in [0.1, 0.15) is 0 Å². The van der Waals surface area contributed by atoms with E-state index in [1.54, 1.807) is 0 Å². The SMILES string of the molecule is CC1(C)CC=CCN(Cc2cn[nH]c2C(C)(C)C)C1. The second-order valence-electron chi connectivity index (χ2n) is 7.53. The fourth-order valence-electron chi connectivity index (χ4n) is 2.80. The van der Waals surface area contributed by atoms with Gasteiger partial charge in [0, 0.05) is 36.3 Å². The number of aromatic nitrogens is 2. The summed E-state index contributed by atoms with van der Waals surface area (Å²) in [5.41, 5.74) is 3.08. The molecule has 1 aliphatic rings. The molecule has 106 valence electrons. The average molecular weight is 261 g/mol. The van der Waals surface area contributed by atoms with Gasteiger partial charge in [0.2, 0.25) is 0 Å². The van der Waals surface area contributed by atoms with E-state index >= 15 is 0 Å². The Morgan fingerprint density at radius 3 is 2.74 bits per heavy atom. The van der Waals surface area contributed by atoms with E-state index in [1.165, 1.54) is 17.7 Å². The molecule has 3 heteroatoms. The molecule has 2 rings (SSSR count). The van der Waals surface area contributed by atoms with Gasteiger partial charge in [0.05, 0.1) is 6.20 Å². The molecular weight excluding hydrogens is 234 g/mol. The van der Waals surface area contributed by atoms with Crippen LogP contribution in [0.3, 0.4) is 0 Å². The molecule has 0 unspecified atom stereocenters. The Morgan fingerprint density at radius 1 is 1.32 bits per heavy atom. The lowest BCUT2D eigenvalue weighted by molar-refractivity contribution is 0.194. The van der Waals surface area contributed by atoms with Crippen LogP contribution in [0.1, 0.15) is 52.3 Å². The minimum atomic E-state index is 0.128. The molecule has 0 bridgehead atoms. The lowest BCUT2D eigenvalue weighted by Crippen LogP contribution is -2.33. The third kappa shape index (κ3) is 3.69. The van der Waals surface area contributed by atoms with Gasteiger partial charge in [0.15, 0.2) is 0 Å². The van der Waals surface area contributed by atoms with E-state index in [1.807, 2.05) is 6.20 Å². The topological polar surface area (TPSA) is 31.9 Å². The first kappa shape index (κ1) is 14.3. The molecule has 1 N–H and O–H groups in total. The Kier molecular flexibility index (Phi) is 3.86. The van der Waals surface area contributed by atoms with Crippen LogP contribution in [0, 0.1) is 5.41 Å². The molecule has 0 aromatic carbocycles. The molecule has 3 nitrogen and oxygen atoms in total. The zero-order chi connectivity index (χ0) is 14.1. The lowest BCUT2D eigenvalue weighted by Gasteiger charge is -2.30. The van der Waals surface area contributed by atoms with E-state index in [9.17, 15) is 0 Å². The van der Waals surface area contributed by atoms with Crippen molar-refractivity contribution in [1.29, 1.82) is 0 Å². The van der Waals surface area contributed by atoms with Gasteiger partial charge in [-0.05, 0) is 11.8 Å². The van der Waals surface area contributed by atoms with Crippen LogP contribution in [0.2, 0.25) is 0 Å². The number of aromatic amines is 1. The first-order chi connectivity index (χ1) is 8.78. The summed E-state index contributed by atoms with van der Waals surface area (Å²) in [5, 5.41) is 7.42. The highest BCUT2D eigenvalue weighted by atomic mass is 15.2. The second-order valence-corrected chi connectivity index (χ2v) is 7.53. The number of rotatable bonds is 2. The molecule has 1 aliphatic heterocycles. The van der Waals surface area contributed by atoms with Crippen LogP contribution in [0.5, 0.6) is 0 Å². The summed E-state index contributed by atoms with van der Waals surface area (Å²) in [5.74, 6) is 0. The zero-order valence-electron chi connectivity index (χ0n) is 13.0. The minimum Gasteiger partial charge on any atom is -0.295 e. The summed E-state index contributed by atoms with van der Waals surface area (Å²) in [6.45, 7) is 14.5. The van der Waals surface area contributed by atoms with Gasteiger partial charge in [-0.1, -0.05) is 46.8 Å². The van der Waals surface area contributed by atoms with Crippen LogP contribution in [-0.4, -0.2) is 28.2 Å². The molecule has 2 heterocycles. The number of hydrogen-bond acceptors (Lipinski definition) is 2. The van der Waals surface area contributed by atoms with Crippen LogP contribution in [0.25, 0.3) is 0 Å². The van der Waals surface area contributed by atoms with Gasteiger partial charge in [-0.2, -0.15) is 5.10 Å². The lowest BCUT2D eigenvalue weighted by atomic mass is 9.88. The van der Waals surface area contributed by atoms with Gasteiger partial charge >= 0.3 is 0 Å². The molecule has 0 amide bonds. The van der Waals surface area contributed by atoms with Gasteiger partial charge in [-0.15, -0.1) is 0 Å². The van der Waals surface area contributed by atoms with E-state index < -0.39 is 0 Å². The fraction of sp³-hybridized carbons (Fsp3) is 0.688. The summed E-state index contributed by atoms with van der Waals surface area (Å²) >= 11 is 0. The van der Waals surface area contributed by atoms with Crippen molar-refractivity contribution in [3.05, 3.63) is 29.6 Å². The van der Waals surface area contributed by atoms with Crippen LogP contribution >= 0.6 is 0 Å². The highest BCUT2D eigenvalue weighted by Gasteiger charge is 2.25. The predicted molar refractivity (Wildman–Crippen MR) is 80.1 cm³/mol. The summed E-state index contributed by atoms with van der Waals surface area (Å²) in [6.07, 6.45) is 7.77.